The predicted molar refractivity (Wildman–Crippen MR) is 107 cm³/mol. The Balaban J connectivity index is 1.80. The molecule has 0 spiro atoms. The third kappa shape index (κ3) is 3.97. The highest BCUT2D eigenvalue weighted by Gasteiger charge is 2.31. The van der Waals surface area contributed by atoms with E-state index in [4.69, 9.17) is 17.0 Å². The van der Waals surface area contributed by atoms with E-state index >= 15 is 0 Å². The van der Waals surface area contributed by atoms with Crippen LogP contribution in [0.5, 0.6) is 5.75 Å². The van der Waals surface area contributed by atoms with Gasteiger partial charge >= 0.3 is 0 Å². The Labute approximate surface area is 159 Å². The fourth-order valence-electron chi connectivity index (χ4n) is 2.34. The monoisotopic (exact) mass is 414 g/mol. The van der Waals surface area contributed by atoms with Crippen molar-refractivity contribution < 1.29 is 9.53 Å². The van der Waals surface area contributed by atoms with Gasteiger partial charge in [0.25, 0.3) is 5.91 Å². The maximum atomic E-state index is 12.7. The molecule has 2 aromatic rings. The summed E-state index contributed by atoms with van der Waals surface area (Å²) < 4.78 is 6.39. The van der Waals surface area contributed by atoms with E-state index in [9.17, 15) is 4.79 Å². The number of nitrogens with zero attached hydrogens (tertiary/aromatic N) is 1. The summed E-state index contributed by atoms with van der Waals surface area (Å²) in [6.45, 7) is 4.07. The minimum Gasteiger partial charge on any atom is -0.490 e. The van der Waals surface area contributed by atoms with Gasteiger partial charge in [0, 0.05) is 4.47 Å². The largest absolute Gasteiger partial charge is 0.490 e. The Morgan fingerprint density at radius 3 is 2.48 bits per heavy atom. The quantitative estimate of drug-likeness (QED) is 0.450. The lowest BCUT2D eigenvalue weighted by atomic mass is 10.2. The van der Waals surface area contributed by atoms with E-state index in [1.807, 2.05) is 48.5 Å². The predicted octanol–water partition coefficient (Wildman–Crippen LogP) is 4.28. The van der Waals surface area contributed by atoms with Crippen LogP contribution in [0.3, 0.4) is 0 Å². The topological polar surface area (TPSA) is 41.6 Å². The highest BCUT2D eigenvalue weighted by molar-refractivity contribution is 9.10. The summed E-state index contributed by atoms with van der Waals surface area (Å²) in [4.78, 5) is 14.2. The van der Waals surface area contributed by atoms with Crippen LogP contribution >= 0.6 is 28.1 Å². The zero-order chi connectivity index (χ0) is 17.8. The molecule has 0 bridgehead atoms. The first-order valence-electron chi connectivity index (χ1n) is 7.55. The highest BCUT2D eigenvalue weighted by atomic mass is 79.9. The van der Waals surface area contributed by atoms with Crippen LogP contribution in [-0.4, -0.2) is 17.6 Å². The summed E-state index contributed by atoms with van der Waals surface area (Å²) in [6, 6.07) is 14.9. The summed E-state index contributed by atoms with van der Waals surface area (Å²) in [6.07, 6.45) is 3.46. The van der Waals surface area contributed by atoms with Crippen LogP contribution in [0.25, 0.3) is 6.08 Å². The number of thiocarbonyl (C=S) groups is 1. The van der Waals surface area contributed by atoms with Crippen LogP contribution in [0, 0.1) is 0 Å². The van der Waals surface area contributed by atoms with Gasteiger partial charge < -0.3 is 10.1 Å². The molecule has 0 atom stereocenters. The molecule has 1 amide bonds. The van der Waals surface area contributed by atoms with Crippen LogP contribution in [0.1, 0.15) is 5.56 Å². The number of benzene rings is 2. The molecule has 1 fully saturated rings. The van der Waals surface area contributed by atoms with E-state index in [1.165, 1.54) is 4.90 Å². The number of carbonyl (C=O) groups excluding carboxylic acids is 1. The second-order valence-electron chi connectivity index (χ2n) is 5.27. The average molecular weight is 415 g/mol. The summed E-state index contributed by atoms with van der Waals surface area (Å²) in [7, 11) is 0. The van der Waals surface area contributed by atoms with Gasteiger partial charge in [-0.3, -0.25) is 9.69 Å². The Hall–Kier alpha value is -2.44. The van der Waals surface area contributed by atoms with E-state index in [-0.39, 0.29) is 5.91 Å². The normalized spacial score (nSPS) is 15.4. The first kappa shape index (κ1) is 17.4. The molecular formula is C19H15BrN2O2S. The lowest BCUT2D eigenvalue weighted by molar-refractivity contribution is -0.113. The van der Waals surface area contributed by atoms with Gasteiger partial charge in [-0.25, -0.2) is 0 Å². The third-order valence-corrected chi connectivity index (χ3v) is 4.34. The van der Waals surface area contributed by atoms with Crippen molar-refractivity contribution in [1.82, 2.24) is 5.32 Å². The number of halogens is 1. The second kappa shape index (κ2) is 7.63. The van der Waals surface area contributed by atoms with Crippen LogP contribution in [0.4, 0.5) is 5.69 Å². The van der Waals surface area contributed by atoms with Gasteiger partial charge in [-0.05, 0) is 60.3 Å². The minimum absolute atomic E-state index is 0.181. The zero-order valence-electron chi connectivity index (χ0n) is 13.2. The van der Waals surface area contributed by atoms with Crippen LogP contribution in [-0.2, 0) is 4.79 Å². The molecule has 2 aromatic carbocycles. The molecule has 0 aliphatic carbocycles. The highest BCUT2D eigenvalue weighted by Crippen LogP contribution is 2.24. The Kier molecular flexibility index (Phi) is 5.31. The smallest absolute Gasteiger partial charge is 0.281 e. The molecule has 25 heavy (non-hydrogen) atoms. The summed E-state index contributed by atoms with van der Waals surface area (Å²) in [5.74, 6) is 0.569. The Bertz CT molecular complexity index is 845. The van der Waals surface area contributed by atoms with Crippen molar-refractivity contribution >= 4 is 50.9 Å². The Morgan fingerprint density at radius 2 is 1.84 bits per heavy atom. The van der Waals surface area contributed by atoms with Crippen molar-refractivity contribution in [3.05, 3.63) is 76.9 Å². The maximum Gasteiger partial charge on any atom is 0.281 e. The van der Waals surface area contributed by atoms with E-state index in [0.717, 1.165) is 21.5 Å². The molecule has 1 saturated heterocycles. The zero-order valence-corrected chi connectivity index (χ0v) is 15.6. The molecular weight excluding hydrogens is 400 g/mol. The molecule has 0 unspecified atom stereocenters. The van der Waals surface area contributed by atoms with Gasteiger partial charge in [0.2, 0.25) is 0 Å². The number of anilines is 1. The fraction of sp³-hybridized carbons (Fsp3) is 0.0526. The summed E-state index contributed by atoms with van der Waals surface area (Å²) >= 11 is 8.69. The van der Waals surface area contributed by atoms with Crippen LogP contribution < -0.4 is 15.0 Å². The average Bonchev–Trinajstić information content (AvgIpc) is 2.89. The number of carbonyl (C=O) groups is 1. The number of hydrogen-bond donors (Lipinski definition) is 1. The van der Waals surface area contributed by atoms with Gasteiger partial charge in [-0.1, -0.05) is 40.7 Å². The van der Waals surface area contributed by atoms with E-state index < -0.39 is 0 Å². The second-order valence-corrected chi connectivity index (χ2v) is 6.58. The van der Waals surface area contributed by atoms with E-state index in [1.54, 1.807) is 12.2 Å². The molecule has 126 valence electrons. The number of hydrogen-bond acceptors (Lipinski definition) is 3. The SMILES string of the molecule is C=CCOc1ccc(C=C2NC(=S)N(c3ccc(Br)cc3)C2=O)cc1. The van der Waals surface area contributed by atoms with Gasteiger partial charge in [0.1, 0.15) is 18.1 Å². The van der Waals surface area contributed by atoms with Crippen molar-refractivity contribution in [2.45, 2.75) is 0 Å². The molecule has 1 aliphatic rings. The number of rotatable bonds is 5. The summed E-state index contributed by atoms with van der Waals surface area (Å²) in [5.41, 5.74) is 2.04. The van der Waals surface area contributed by atoms with Crippen LogP contribution in [0.2, 0.25) is 0 Å². The maximum absolute atomic E-state index is 12.7. The molecule has 0 aromatic heterocycles. The van der Waals surface area contributed by atoms with Crippen molar-refractivity contribution in [1.29, 1.82) is 0 Å². The number of amides is 1. The van der Waals surface area contributed by atoms with Crippen LogP contribution in [0.15, 0.2) is 71.4 Å². The van der Waals surface area contributed by atoms with Gasteiger partial charge in [-0.2, -0.15) is 0 Å². The molecule has 3 rings (SSSR count). The molecule has 1 N–H and O–H groups in total. The standard InChI is InChI=1S/C19H15BrN2O2S/c1-2-11-24-16-9-3-13(4-10-16)12-17-18(23)22(19(25)21-17)15-7-5-14(20)6-8-15/h2-10,12H,1,11H2,(H,21,25). The lowest BCUT2D eigenvalue weighted by Gasteiger charge is -2.13. The molecule has 0 radical (unpaired) electrons. The fourth-order valence-corrected chi connectivity index (χ4v) is 2.90. The first-order valence-corrected chi connectivity index (χ1v) is 8.75. The van der Waals surface area contributed by atoms with Crippen molar-refractivity contribution in [2.24, 2.45) is 0 Å². The Morgan fingerprint density at radius 1 is 1.16 bits per heavy atom. The third-order valence-electron chi connectivity index (χ3n) is 3.52. The van der Waals surface area contributed by atoms with Crippen molar-refractivity contribution in [3.63, 3.8) is 0 Å². The van der Waals surface area contributed by atoms with E-state index in [0.29, 0.717) is 17.4 Å². The van der Waals surface area contributed by atoms with Gasteiger partial charge in [0.05, 0.1) is 5.69 Å². The van der Waals surface area contributed by atoms with Crippen molar-refractivity contribution in [3.8, 4) is 5.75 Å². The molecule has 1 aliphatic heterocycles. The molecule has 1 heterocycles. The first-order chi connectivity index (χ1) is 12.1. The van der Waals surface area contributed by atoms with Crippen molar-refractivity contribution in [2.75, 3.05) is 11.5 Å². The van der Waals surface area contributed by atoms with Gasteiger partial charge in [-0.15, -0.1) is 0 Å². The minimum atomic E-state index is -0.181. The number of ether oxygens (including phenoxy) is 1. The molecule has 0 saturated carbocycles. The van der Waals surface area contributed by atoms with E-state index in [2.05, 4.69) is 27.8 Å². The lowest BCUT2D eigenvalue weighted by Crippen LogP contribution is -2.30. The number of nitrogens with one attached hydrogen (secondary N) is 1. The summed E-state index contributed by atoms with van der Waals surface area (Å²) in [5, 5.41) is 3.34. The molecule has 4 nitrogen and oxygen atoms in total. The molecule has 6 heteroatoms. The van der Waals surface area contributed by atoms with Gasteiger partial charge in [0.15, 0.2) is 5.11 Å².